The number of anilines is 1. The second-order valence-corrected chi connectivity index (χ2v) is 8.63. The number of rotatable bonds is 4. The van der Waals surface area contributed by atoms with Crippen molar-refractivity contribution < 1.29 is 14.4 Å². The van der Waals surface area contributed by atoms with E-state index in [-0.39, 0.29) is 23.8 Å². The van der Waals surface area contributed by atoms with Crippen molar-refractivity contribution in [3.8, 4) is 0 Å². The maximum atomic E-state index is 12.7. The lowest BCUT2D eigenvalue weighted by Crippen LogP contribution is -2.47. The van der Waals surface area contributed by atoms with Gasteiger partial charge in [0.15, 0.2) is 0 Å². The number of carbonyl (C=O) groups is 3. The highest BCUT2D eigenvalue weighted by molar-refractivity contribution is 5.94. The van der Waals surface area contributed by atoms with Crippen LogP contribution in [-0.4, -0.2) is 60.4 Å². The zero-order valence-electron chi connectivity index (χ0n) is 17.6. The fourth-order valence-electron chi connectivity index (χ4n) is 4.69. The van der Waals surface area contributed by atoms with Crippen LogP contribution >= 0.6 is 0 Å². The smallest absolute Gasteiger partial charge is 0.319 e. The Hall–Kier alpha value is -2.57. The molecule has 7 nitrogen and oxygen atoms in total. The molecule has 3 heterocycles. The van der Waals surface area contributed by atoms with Gasteiger partial charge in [0.2, 0.25) is 11.8 Å². The molecule has 3 aliphatic rings. The van der Waals surface area contributed by atoms with E-state index in [0.29, 0.717) is 38.9 Å². The lowest BCUT2D eigenvalue weighted by atomic mass is 9.96. The van der Waals surface area contributed by atoms with E-state index in [0.717, 1.165) is 56.6 Å². The number of hydrogen-bond acceptors (Lipinski definition) is 3. The molecule has 0 aromatic heterocycles. The van der Waals surface area contributed by atoms with Crippen molar-refractivity contribution in [3.05, 3.63) is 29.8 Å². The molecule has 1 aromatic rings. The summed E-state index contributed by atoms with van der Waals surface area (Å²) in [6.45, 7) is 4.26. The molecule has 3 fully saturated rings. The molecular formula is C23H32N4O3. The zero-order chi connectivity index (χ0) is 20.9. The minimum atomic E-state index is -0.0421. The van der Waals surface area contributed by atoms with Crippen LogP contribution in [0.25, 0.3) is 0 Å². The van der Waals surface area contributed by atoms with E-state index in [1.807, 2.05) is 39.0 Å². The molecule has 0 unspecified atom stereocenters. The third-order valence-corrected chi connectivity index (χ3v) is 6.53. The average molecular weight is 413 g/mol. The van der Waals surface area contributed by atoms with E-state index in [9.17, 15) is 14.4 Å². The Morgan fingerprint density at radius 2 is 1.63 bits per heavy atom. The van der Waals surface area contributed by atoms with Gasteiger partial charge in [0.1, 0.15) is 0 Å². The standard InChI is InChI=1S/C23H32N4O3/c28-21-8-1-2-13-27(21)20-7-5-6-18(16-20)17-24-22(29)19-9-14-26(15-10-19)23(30)25-11-3-4-12-25/h5-7,16,19H,1-4,8-15,17H2,(H,24,29). The van der Waals surface area contributed by atoms with Crippen LogP contribution in [0, 0.1) is 5.92 Å². The first-order valence-electron chi connectivity index (χ1n) is 11.3. The second kappa shape index (κ2) is 9.49. The van der Waals surface area contributed by atoms with Crippen molar-refractivity contribution in [3.63, 3.8) is 0 Å². The molecule has 30 heavy (non-hydrogen) atoms. The van der Waals surface area contributed by atoms with Gasteiger partial charge in [0, 0.05) is 57.3 Å². The van der Waals surface area contributed by atoms with Crippen LogP contribution in [-0.2, 0) is 16.1 Å². The van der Waals surface area contributed by atoms with E-state index < -0.39 is 0 Å². The topological polar surface area (TPSA) is 73.0 Å². The molecule has 1 N–H and O–H groups in total. The minimum absolute atomic E-state index is 0.0421. The van der Waals surface area contributed by atoms with Crippen LogP contribution in [0.3, 0.4) is 0 Å². The normalized spacial score (nSPS) is 20.5. The van der Waals surface area contributed by atoms with Gasteiger partial charge in [-0.25, -0.2) is 4.79 Å². The molecule has 1 aromatic carbocycles. The summed E-state index contributed by atoms with van der Waals surface area (Å²) in [6.07, 6.45) is 6.23. The highest BCUT2D eigenvalue weighted by Gasteiger charge is 2.30. The Morgan fingerprint density at radius 3 is 2.37 bits per heavy atom. The van der Waals surface area contributed by atoms with Crippen molar-refractivity contribution in [2.75, 3.05) is 37.6 Å². The van der Waals surface area contributed by atoms with Gasteiger partial charge in [-0.15, -0.1) is 0 Å². The lowest BCUT2D eigenvalue weighted by Gasteiger charge is -2.34. The van der Waals surface area contributed by atoms with E-state index in [1.165, 1.54) is 0 Å². The predicted octanol–water partition coefficient (Wildman–Crippen LogP) is 2.75. The van der Waals surface area contributed by atoms with Gasteiger partial charge < -0.3 is 20.0 Å². The van der Waals surface area contributed by atoms with Gasteiger partial charge >= 0.3 is 6.03 Å². The number of hydrogen-bond donors (Lipinski definition) is 1. The fraction of sp³-hybridized carbons (Fsp3) is 0.609. The number of urea groups is 1. The van der Waals surface area contributed by atoms with Crippen LogP contribution in [0.4, 0.5) is 10.5 Å². The first-order valence-corrected chi connectivity index (χ1v) is 11.3. The SMILES string of the molecule is O=C(NCc1cccc(N2CCCCC2=O)c1)C1CCN(C(=O)N2CCCC2)CC1. The molecule has 3 aliphatic heterocycles. The summed E-state index contributed by atoms with van der Waals surface area (Å²) >= 11 is 0. The fourth-order valence-corrected chi connectivity index (χ4v) is 4.69. The summed E-state index contributed by atoms with van der Waals surface area (Å²) in [6, 6.07) is 8.02. The third kappa shape index (κ3) is 4.77. The molecule has 3 saturated heterocycles. The van der Waals surface area contributed by atoms with Gasteiger partial charge in [-0.2, -0.15) is 0 Å². The molecule has 162 valence electrons. The van der Waals surface area contributed by atoms with Crippen molar-refractivity contribution in [2.45, 2.75) is 51.5 Å². The lowest BCUT2D eigenvalue weighted by molar-refractivity contribution is -0.126. The summed E-state index contributed by atoms with van der Waals surface area (Å²) in [5.41, 5.74) is 1.92. The van der Waals surface area contributed by atoms with E-state index in [4.69, 9.17) is 0 Å². The number of nitrogens with one attached hydrogen (secondary N) is 1. The maximum Gasteiger partial charge on any atom is 0.319 e. The molecule has 4 rings (SSSR count). The van der Waals surface area contributed by atoms with Gasteiger partial charge in [0.05, 0.1) is 0 Å². The highest BCUT2D eigenvalue weighted by Crippen LogP contribution is 2.23. The van der Waals surface area contributed by atoms with Gasteiger partial charge in [-0.05, 0) is 56.2 Å². The Morgan fingerprint density at radius 1 is 0.933 bits per heavy atom. The van der Waals surface area contributed by atoms with Crippen molar-refractivity contribution in [2.24, 2.45) is 5.92 Å². The number of amides is 4. The number of piperidine rings is 2. The minimum Gasteiger partial charge on any atom is -0.352 e. The molecule has 4 amide bonds. The van der Waals surface area contributed by atoms with E-state index in [2.05, 4.69) is 5.32 Å². The Labute approximate surface area is 178 Å². The summed E-state index contributed by atoms with van der Waals surface area (Å²) in [5, 5.41) is 3.05. The zero-order valence-corrected chi connectivity index (χ0v) is 17.6. The van der Waals surface area contributed by atoms with Gasteiger partial charge in [-0.1, -0.05) is 12.1 Å². The van der Waals surface area contributed by atoms with Gasteiger partial charge in [0.25, 0.3) is 0 Å². The molecule has 0 aliphatic carbocycles. The summed E-state index contributed by atoms with van der Waals surface area (Å²) in [5.74, 6) is 0.194. The Kier molecular flexibility index (Phi) is 6.55. The Balaban J connectivity index is 1.25. The van der Waals surface area contributed by atoms with E-state index >= 15 is 0 Å². The number of carbonyl (C=O) groups excluding carboxylic acids is 3. The van der Waals surface area contributed by atoms with Crippen molar-refractivity contribution >= 4 is 23.5 Å². The number of benzene rings is 1. The molecular weight excluding hydrogens is 380 g/mol. The Bertz CT molecular complexity index is 782. The first kappa shape index (κ1) is 20.7. The quantitative estimate of drug-likeness (QED) is 0.827. The first-order chi connectivity index (χ1) is 14.6. The molecule has 0 saturated carbocycles. The van der Waals surface area contributed by atoms with Crippen molar-refractivity contribution in [1.82, 2.24) is 15.1 Å². The molecule has 0 spiro atoms. The van der Waals surface area contributed by atoms with E-state index in [1.54, 1.807) is 0 Å². The van der Waals surface area contributed by atoms with Crippen LogP contribution in [0.2, 0.25) is 0 Å². The summed E-state index contributed by atoms with van der Waals surface area (Å²) in [7, 11) is 0. The van der Waals surface area contributed by atoms with Crippen LogP contribution in [0.5, 0.6) is 0 Å². The molecule has 0 atom stereocenters. The maximum absolute atomic E-state index is 12.7. The number of nitrogens with zero attached hydrogens (tertiary/aromatic N) is 3. The monoisotopic (exact) mass is 412 g/mol. The van der Waals surface area contributed by atoms with Crippen LogP contribution in [0.1, 0.15) is 50.5 Å². The second-order valence-electron chi connectivity index (χ2n) is 8.63. The van der Waals surface area contributed by atoms with Crippen LogP contribution in [0.15, 0.2) is 24.3 Å². The third-order valence-electron chi connectivity index (χ3n) is 6.53. The molecule has 7 heteroatoms. The van der Waals surface area contributed by atoms with Crippen molar-refractivity contribution in [1.29, 1.82) is 0 Å². The molecule has 0 radical (unpaired) electrons. The highest BCUT2D eigenvalue weighted by atomic mass is 16.2. The average Bonchev–Trinajstić information content (AvgIpc) is 3.32. The predicted molar refractivity (Wildman–Crippen MR) is 115 cm³/mol. The summed E-state index contributed by atoms with van der Waals surface area (Å²) in [4.78, 5) is 43.0. The largest absolute Gasteiger partial charge is 0.352 e. The van der Waals surface area contributed by atoms with Gasteiger partial charge in [-0.3, -0.25) is 9.59 Å². The van der Waals surface area contributed by atoms with Crippen LogP contribution < -0.4 is 10.2 Å². The number of likely N-dealkylation sites (tertiary alicyclic amines) is 2. The summed E-state index contributed by atoms with van der Waals surface area (Å²) < 4.78 is 0. The molecule has 0 bridgehead atoms.